The number of nitrogens with one attached hydrogen (secondary N) is 2. The van der Waals surface area contributed by atoms with Crippen LogP contribution in [0.1, 0.15) is 19.4 Å². The first-order valence-electron chi connectivity index (χ1n) is 8.23. The van der Waals surface area contributed by atoms with E-state index in [0.717, 1.165) is 5.56 Å². The molecule has 0 unspecified atom stereocenters. The Morgan fingerprint density at radius 3 is 2.36 bits per heavy atom. The summed E-state index contributed by atoms with van der Waals surface area (Å²) in [6, 6.07) is 12.7. The Bertz CT molecular complexity index is 855. The van der Waals surface area contributed by atoms with Gasteiger partial charge >= 0.3 is 6.61 Å². The van der Waals surface area contributed by atoms with Crippen LogP contribution in [-0.4, -0.2) is 30.7 Å². The minimum Gasteiger partial charge on any atom is -0.433 e. The summed E-state index contributed by atoms with van der Waals surface area (Å²) in [5.41, 5.74) is 2.01. The van der Waals surface area contributed by atoms with Gasteiger partial charge in [0.15, 0.2) is 6.61 Å². The minimum atomic E-state index is -3.00. The van der Waals surface area contributed by atoms with Crippen LogP contribution in [0.3, 0.4) is 0 Å². The first-order valence-corrected chi connectivity index (χ1v) is 8.23. The molecule has 7 nitrogen and oxygen atoms in total. The Labute approximate surface area is 160 Å². The molecule has 2 aromatic carbocycles. The maximum atomic E-state index is 12.4. The summed E-state index contributed by atoms with van der Waals surface area (Å²) in [7, 11) is 0. The molecular weight excluding hydrogens is 372 g/mol. The third-order valence-electron chi connectivity index (χ3n) is 3.40. The number of rotatable bonds is 8. The van der Waals surface area contributed by atoms with Crippen molar-refractivity contribution in [1.82, 2.24) is 0 Å². The smallest absolute Gasteiger partial charge is 0.387 e. The fraction of sp³-hybridized carbons (Fsp3) is 0.211. The topological polar surface area (TPSA) is 89.0 Å². The molecule has 0 spiro atoms. The number of oxime groups is 1. The molecule has 28 heavy (non-hydrogen) atoms. The number of hydrogen-bond donors (Lipinski definition) is 2. The zero-order valence-electron chi connectivity index (χ0n) is 15.2. The van der Waals surface area contributed by atoms with E-state index in [1.165, 1.54) is 25.1 Å². The van der Waals surface area contributed by atoms with Crippen LogP contribution in [0, 0.1) is 0 Å². The highest BCUT2D eigenvalue weighted by atomic mass is 19.3. The molecule has 0 bridgehead atoms. The number of halogens is 2. The number of carbonyl (C=O) groups is 2. The van der Waals surface area contributed by atoms with E-state index >= 15 is 0 Å². The van der Waals surface area contributed by atoms with Gasteiger partial charge in [0.1, 0.15) is 5.75 Å². The van der Waals surface area contributed by atoms with Crippen molar-refractivity contribution >= 4 is 28.9 Å². The second-order valence-corrected chi connectivity index (χ2v) is 5.63. The average molecular weight is 391 g/mol. The van der Waals surface area contributed by atoms with Crippen LogP contribution >= 0.6 is 0 Å². The largest absolute Gasteiger partial charge is 0.433 e. The van der Waals surface area contributed by atoms with Gasteiger partial charge in [-0.15, -0.1) is 0 Å². The maximum Gasteiger partial charge on any atom is 0.387 e. The van der Waals surface area contributed by atoms with Gasteiger partial charge in [-0.25, -0.2) is 0 Å². The summed E-state index contributed by atoms with van der Waals surface area (Å²) in [5.74, 6) is -0.902. The van der Waals surface area contributed by atoms with E-state index in [-0.39, 0.29) is 17.3 Å². The molecule has 0 saturated carbocycles. The number of ether oxygens (including phenoxy) is 1. The van der Waals surface area contributed by atoms with Crippen LogP contribution in [0.4, 0.5) is 20.2 Å². The molecule has 9 heteroatoms. The Morgan fingerprint density at radius 1 is 1.04 bits per heavy atom. The number of carbonyl (C=O) groups excluding carboxylic acids is 2. The van der Waals surface area contributed by atoms with E-state index in [2.05, 4.69) is 20.5 Å². The number of anilines is 2. The van der Waals surface area contributed by atoms with Crippen molar-refractivity contribution in [3.63, 3.8) is 0 Å². The monoisotopic (exact) mass is 391 g/mol. The summed E-state index contributed by atoms with van der Waals surface area (Å²) < 4.78 is 29.1. The molecule has 2 amide bonds. The van der Waals surface area contributed by atoms with E-state index in [1.807, 2.05) is 0 Å². The second-order valence-electron chi connectivity index (χ2n) is 5.63. The van der Waals surface area contributed by atoms with Crippen molar-refractivity contribution in [1.29, 1.82) is 0 Å². The van der Waals surface area contributed by atoms with Gasteiger partial charge in [-0.3, -0.25) is 9.59 Å². The summed E-state index contributed by atoms with van der Waals surface area (Å²) >= 11 is 0. The van der Waals surface area contributed by atoms with Gasteiger partial charge in [-0.2, -0.15) is 8.78 Å². The Kier molecular flexibility index (Phi) is 7.44. The molecular formula is C19H19F2N3O4. The lowest BCUT2D eigenvalue weighted by Crippen LogP contribution is -2.18. The quantitative estimate of drug-likeness (QED) is 0.531. The number of hydrogen-bond acceptors (Lipinski definition) is 5. The van der Waals surface area contributed by atoms with Crippen LogP contribution in [-0.2, 0) is 14.4 Å². The molecule has 148 valence electrons. The van der Waals surface area contributed by atoms with Gasteiger partial charge in [0.25, 0.3) is 5.91 Å². The van der Waals surface area contributed by atoms with E-state index < -0.39 is 19.1 Å². The van der Waals surface area contributed by atoms with Crippen molar-refractivity contribution in [2.24, 2.45) is 5.16 Å². The number of nitrogens with zero attached hydrogens (tertiary/aromatic N) is 1. The van der Waals surface area contributed by atoms with Crippen molar-refractivity contribution < 1.29 is 27.9 Å². The van der Waals surface area contributed by atoms with Gasteiger partial charge in [0.05, 0.1) is 11.4 Å². The third kappa shape index (κ3) is 6.67. The van der Waals surface area contributed by atoms with Crippen LogP contribution in [0.15, 0.2) is 53.7 Å². The molecule has 0 aliphatic rings. The zero-order valence-corrected chi connectivity index (χ0v) is 15.2. The number of para-hydroxylation sites is 2. The normalized spacial score (nSPS) is 11.1. The van der Waals surface area contributed by atoms with Gasteiger partial charge < -0.3 is 20.2 Å². The van der Waals surface area contributed by atoms with Gasteiger partial charge in [-0.1, -0.05) is 29.4 Å². The highest BCUT2D eigenvalue weighted by molar-refractivity contribution is 5.99. The fourth-order valence-electron chi connectivity index (χ4n) is 2.19. The average Bonchev–Trinajstić information content (AvgIpc) is 2.63. The standard InChI is InChI=1S/C19H19F2N3O4/c1-12(14-7-9-15(10-8-14)22-13(2)25)24-27-11-18(26)23-16-5-3-4-6-17(16)28-19(20)21/h3-10,19H,11H2,1-2H3,(H,22,25)(H,23,26)/b24-12+. The van der Waals surface area contributed by atoms with Gasteiger partial charge in [0, 0.05) is 12.6 Å². The minimum absolute atomic E-state index is 0.102. The molecule has 0 aliphatic carbocycles. The lowest BCUT2D eigenvalue weighted by atomic mass is 10.1. The van der Waals surface area contributed by atoms with E-state index in [0.29, 0.717) is 11.4 Å². The fourth-order valence-corrected chi connectivity index (χ4v) is 2.19. The van der Waals surface area contributed by atoms with Crippen LogP contribution in [0.5, 0.6) is 5.75 Å². The van der Waals surface area contributed by atoms with E-state index in [4.69, 9.17) is 4.84 Å². The zero-order chi connectivity index (χ0) is 20.5. The summed E-state index contributed by atoms with van der Waals surface area (Å²) in [6.45, 7) is -0.308. The van der Waals surface area contributed by atoms with Gasteiger partial charge in [-0.05, 0) is 36.8 Å². The molecule has 0 fully saturated rings. The molecule has 2 N–H and O–H groups in total. The Morgan fingerprint density at radius 2 is 1.71 bits per heavy atom. The van der Waals surface area contributed by atoms with E-state index in [1.54, 1.807) is 37.3 Å². The molecule has 0 aromatic heterocycles. The predicted molar refractivity (Wildman–Crippen MR) is 101 cm³/mol. The van der Waals surface area contributed by atoms with Gasteiger partial charge in [0.2, 0.25) is 5.91 Å². The highest BCUT2D eigenvalue weighted by Crippen LogP contribution is 2.25. The Hall–Kier alpha value is -3.49. The molecule has 0 radical (unpaired) electrons. The van der Waals surface area contributed by atoms with Crippen LogP contribution in [0.25, 0.3) is 0 Å². The van der Waals surface area contributed by atoms with Crippen molar-refractivity contribution in [2.45, 2.75) is 20.5 Å². The molecule has 0 aliphatic heterocycles. The van der Waals surface area contributed by atoms with Crippen LogP contribution < -0.4 is 15.4 Å². The lowest BCUT2D eigenvalue weighted by Gasteiger charge is -2.11. The highest BCUT2D eigenvalue weighted by Gasteiger charge is 2.12. The molecule has 0 atom stereocenters. The second kappa shape index (κ2) is 10.0. The summed E-state index contributed by atoms with van der Waals surface area (Å²) in [5, 5.41) is 8.93. The predicted octanol–water partition coefficient (Wildman–Crippen LogP) is 3.63. The number of amides is 2. The molecule has 0 saturated heterocycles. The lowest BCUT2D eigenvalue weighted by molar-refractivity contribution is -0.120. The summed E-state index contributed by atoms with van der Waals surface area (Å²) in [4.78, 5) is 27.9. The molecule has 0 heterocycles. The third-order valence-corrected chi connectivity index (χ3v) is 3.40. The number of alkyl halides is 2. The SMILES string of the molecule is CC(=O)Nc1ccc(/C(C)=N/OCC(=O)Nc2ccccc2OC(F)F)cc1. The van der Waals surface area contributed by atoms with Crippen molar-refractivity contribution in [3.05, 3.63) is 54.1 Å². The van der Waals surface area contributed by atoms with Crippen molar-refractivity contribution in [3.8, 4) is 5.75 Å². The van der Waals surface area contributed by atoms with E-state index in [9.17, 15) is 18.4 Å². The first kappa shape index (κ1) is 20.8. The first-order chi connectivity index (χ1) is 13.3. The number of benzene rings is 2. The molecule has 2 rings (SSSR count). The van der Waals surface area contributed by atoms with Crippen LogP contribution in [0.2, 0.25) is 0 Å². The maximum absolute atomic E-state index is 12.4. The molecule has 2 aromatic rings. The van der Waals surface area contributed by atoms with Crippen molar-refractivity contribution in [2.75, 3.05) is 17.2 Å². The Balaban J connectivity index is 1.90. The summed E-state index contributed by atoms with van der Waals surface area (Å²) in [6.07, 6.45) is 0.